The van der Waals surface area contributed by atoms with Crippen molar-refractivity contribution in [3.63, 3.8) is 0 Å². The summed E-state index contributed by atoms with van der Waals surface area (Å²) in [5.41, 5.74) is 1.13. The van der Waals surface area contributed by atoms with Gasteiger partial charge in [-0.25, -0.2) is 0 Å². The Bertz CT molecular complexity index is 402. The number of benzene rings is 1. The lowest BCUT2D eigenvalue weighted by atomic mass is 10.2. The Kier molecular flexibility index (Phi) is 10.3. The van der Waals surface area contributed by atoms with Gasteiger partial charge in [0.15, 0.2) is 0 Å². The monoisotopic (exact) mass is 338 g/mol. The van der Waals surface area contributed by atoms with E-state index in [0.717, 1.165) is 43.4 Å². The van der Waals surface area contributed by atoms with Crippen LogP contribution in [0.2, 0.25) is 0 Å². The summed E-state index contributed by atoms with van der Waals surface area (Å²) in [7, 11) is 3.36. The van der Waals surface area contributed by atoms with E-state index in [1.165, 1.54) is 0 Å². The summed E-state index contributed by atoms with van der Waals surface area (Å²) in [5, 5.41) is 3.35. The fourth-order valence-corrected chi connectivity index (χ4v) is 2.16. The van der Waals surface area contributed by atoms with Crippen LogP contribution in [0.3, 0.4) is 0 Å². The second-order valence-corrected chi connectivity index (χ2v) is 4.41. The highest BCUT2D eigenvalue weighted by Gasteiger charge is 2.15. The van der Waals surface area contributed by atoms with Gasteiger partial charge in [0.05, 0.1) is 19.4 Å². The smallest absolute Gasteiger partial charge is 0.145 e. The van der Waals surface area contributed by atoms with Gasteiger partial charge >= 0.3 is 0 Å². The SMILES string of the molecule is COCCOc1ccc(N2CCNCC2)c(OC)c1.Cl.Cl. The third-order valence-corrected chi connectivity index (χ3v) is 3.17. The summed E-state index contributed by atoms with van der Waals surface area (Å²) in [5.74, 6) is 1.67. The van der Waals surface area contributed by atoms with Crippen molar-refractivity contribution in [1.29, 1.82) is 0 Å². The predicted octanol–water partition coefficient (Wildman–Crippen LogP) is 1.97. The third-order valence-electron chi connectivity index (χ3n) is 3.17. The molecule has 0 saturated carbocycles. The summed E-state index contributed by atoms with van der Waals surface area (Å²) in [6, 6.07) is 5.98. The minimum atomic E-state index is 0. The number of piperazine rings is 1. The zero-order valence-corrected chi connectivity index (χ0v) is 14.1. The molecule has 0 radical (unpaired) electrons. The van der Waals surface area contributed by atoms with E-state index in [2.05, 4.69) is 16.3 Å². The minimum absolute atomic E-state index is 0. The van der Waals surface area contributed by atoms with Crippen LogP contribution >= 0.6 is 24.8 Å². The van der Waals surface area contributed by atoms with Crippen LogP contribution in [0.4, 0.5) is 5.69 Å². The van der Waals surface area contributed by atoms with Crippen molar-refractivity contribution in [3.8, 4) is 11.5 Å². The van der Waals surface area contributed by atoms with Gasteiger partial charge in [0.1, 0.15) is 18.1 Å². The van der Waals surface area contributed by atoms with E-state index in [1.807, 2.05) is 12.1 Å². The first-order valence-corrected chi connectivity index (χ1v) is 6.60. The van der Waals surface area contributed by atoms with E-state index in [4.69, 9.17) is 14.2 Å². The van der Waals surface area contributed by atoms with Crippen molar-refractivity contribution < 1.29 is 14.2 Å². The molecule has 122 valence electrons. The Balaban J connectivity index is 0.00000200. The second-order valence-electron chi connectivity index (χ2n) is 4.41. The quantitative estimate of drug-likeness (QED) is 0.803. The lowest BCUT2D eigenvalue weighted by Crippen LogP contribution is -2.43. The van der Waals surface area contributed by atoms with Crippen LogP contribution in [0.25, 0.3) is 0 Å². The second kappa shape index (κ2) is 10.8. The molecule has 0 atom stereocenters. The van der Waals surface area contributed by atoms with Crippen LogP contribution in [-0.4, -0.2) is 53.6 Å². The molecule has 1 fully saturated rings. The first kappa shape index (κ1) is 20.1. The van der Waals surface area contributed by atoms with Crippen LogP contribution in [-0.2, 0) is 4.74 Å². The zero-order chi connectivity index (χ0) is 13.5. The number of ether oxygens (including phenoxy) is 3. The molecule has 2 rings (SSSR count). The minimum Gasteiger partial charge on any atom is -0.494 e. The summed E-state index contributed by atoms with van der Waals surface area (Å²) in [6.45, 7) is 5.15. The number of nitrogens with zero attached hydrogens (tertiary/aromatic N) is 1. The summed E-state index contributed by atoms with van der Waals surface area (Å²) < 4.78 is 16.0. The van der Waals surface area contributed by atoms with E-state index < -0.39 is 0 Å². The predicted molar refractivity (Wildman–Crippen MR) is 89.9 cm³/mol. The zero-order valence-electron chi connectivity index (χ0n) is 12.5. The topological polar surface area (TPSA) is 43.0 Å². The molecule has 0 aromatic heterocycles. The molecule has 1 aromatic carbocycles. The number of hydrogen-bond acceptors (Lipinski definition) is 5. The van der Waals surface area contributed by atoms with Crippen LogP contribution in [0.5, 0.6) is 11.5 Å². The van der Waals surface area contributed by atoms with Gasteiger partial charge in [-0.2, -0.15) is 0 Å². The number of methoxy groups -OCH3 is 2. The van der Waals surface area contributed by atoms with Crippen molar-refractivity contribution in [2.24, 2.45) is 0 Å². The number of halogens is 2. The van der Waals surface area contributed by atoms with Crippen molar-refractivity contribution in [1.82, 2.24) is 5.32 Å². The normalized spacial score (nSPS) is 13.9. The van der Waals surface area contributed by atoms with Gasteiger partial charge in [-0.05, 0) is 12.1 Å². The Morgan fingerprint density at radius 1 is 1.10 bits per heavy atom. The van der Waals surface area contributed by atoms with Crippen LogP contribution in [0.1, 0.15) is 0 Å². The van der Waals surface area contributed by atoms with Crippen LogP contribution in [0, 0.1) is 0 Å². The largest absolute Gasteiger partial charge is 0.494 e. The summed E-state index contributed by atoms with van der Waals surface area (Å²) >= 11 is 0. The Hall–Kier alpha value is -0.880. The lowest BCUT2D eigenvalue weighted by molar-refractivity contribution is 0.146. The van der Waals surface area contributed by atoms with Gasteiger partial charge in [-0.1, -0.05) is 0 Å². The number of rotatable bonds is 6. The molecule has 1 N–H and O–H groups in total. The van der Waals surface area contributed by atoms with E-state index in [1.54, 1.807) is 14.2 Å². The van der Waals surface area contributed by atoms with Gasteiger partial charge in [-0.15, -0.1) is 24.8 Å². The first-order valence-electron chi connectivity index (χ1n) is 6.60. The molecular weight excluding hydrogens is 315 g/mol. The van der Waals surface area contributed by atoms with Gasteiger partial charge in [0.25, 0.3) is 0 Å². The Labute approximate surface area is 138 Å². The van der Waals surface area contributed by atoms with Gasteiger partial charge < -0.3 is 24.4 Å². The van der Waals surface area contributed by atoms with Crippen molar-refractivity contribution in [2.45, 2.75) is 0 Å². The van der Waals surface area contributed by atoms with E-state index in [9.17, 15) is 0 Å². The van der Waals surface area contributed by atoms with E-state index >= 15 is 0 Å². The fraction of sp³-hybridized carbons (Fsp3) is 0.571. The average Bonchev–Trinajstić information content (AvgIpc) is 2.48. The molecule has 1 aliphatic rings. The molecular formula is C14H24Cl2N2O3. The molecule has 1 aliphatic heterocycles. The highest BCUT2D eigenvalue weighted by Crippen LogP contribution is 2.32. The standard InChI is InChI=1S/C14H22N2O3.2ClH/c1-17-9-10-19-12-3-4-13(14(11-12)18-2)16-7-5-15-6-8-16;;/h3-4,11,15H,5-10H2,1-2H3;2*1H. The number of nitrogens with one attached hydrogen (secondary N) is 1. The highest BCUT2D eigenvalue weighted by atomic mass is 35.5. The molecule has 1 heterocycles. The molecule has 1 saturated heterocycles. The molecule has 0 unspecified atom stereocenters. The van der Waals surface area contributed by atoms with Gasteiger partial charge in [0, 0.05) is 39.4 Å². The average molecular weight is 339 g/mol. The fourth-order valence-electron chi connectivity index (χ4n) is 2.16. The maximum atomic E-state index is 5.60. The summed E-state index contributed by atoms with van der Waals surface area (Å²) in [6.07, 6.45) is 0. The van der Waals surface area contributed by atoms with Crippen molar-refractivity contribution in [3.05, 3.63) is 18.2 Å². The Morgan fingerprint density at radius 3 is 2.43 bits per heavy atom. The highest BCUT2D eigenvalue weighted by molar-refractivity contribution is 5.85. The lowest BCUT2D eigenvalue weighted by Gasteiger charge is -2.30. The molecule has 21 heavy (non-hydrogen) atoms. The molecule has 1 aromatic rings. The van der Waals surface area contributed by atoms with Crippen molar-refractivity contribution >= 4 is 30.5 Å². The van der Waals surface area contributed by atoms with E-state index in [0.29, 0.717) is 13.2 Å². The van der Waals surface area contributed by atoms with Gasteiger partial charge in [0.2, 0.25) is 0 Å². The molecule has 0 amide bonds. The summed E-state index contributed by atoms with van der Waals surface area (Å²) in [4.78, 5) is 2.33. The molecule has 0 aliphatic carbocycles. The molecule has 7 heteroatoms. The Morgan fingerprint density at radius 2 is 1.81 bits per heavy atom. The number of hydrogen-bond donors (Lipinski definition) is 1. The third kappa shape index (κ3) is 5.79. The first-order chi connectivity index (χ1) is 9.35. The number of anilines is 1. The van der Waals surface area contributed by atoms with E-state index in [-0.39, 0.29) is 24.8 Å². The van der Waals surface area contributed by atoms with Gasteiger partial charge in [-0.3, -0.25) is 0 Å². The molecule has 5 nitrogen and oxygen atoms in total. The molecule has 0 spiro atoms. The van der Waals surface area contributed by atoms with Crippen molar-refractivity contribution in [2.75, 3.05) is 58.5 Å². The maximum Gasteiger partial charge on any atom is 0.145 e. The molecule has 0 bridgehead atoms. The van der Waals surface area contributed by atoms with Crippen LogP contribution in [0.15, 0.2) is 18.2 Å². The maximum absolute atomic E-state index is 5.60. The van der Waals surface area contributed by atoms with Crippen LogP contribution < -0.4 is 19.7 Å².